The molecular weight excluding hydrogens is 414 g/mol. The Bertz CT molecular complexity index is 1280. The van der Waals surface area contributed by atoms with Crippen LogP contribution in [0.5, 0.6) is 0 Å². The third-order valence-electron chi connectivity index (χ3n) is 4.89. The molecule has 0 bridgehead atoms. The van der Waals surface area contributed by atoms with Crippen LogP contribution in [0, 0.1) is 11.9 Å². The number of hydrogen-bond donors (Lipinski definition) is 1. The summed E-state index contributed by atoms with van der Waals surface area (Å²) < 4.78 is 27.3. The maximum atomic E-state index is 14.1. The average Bonchev–Trinajstić information content (AvgIpc) is 2.80. The van der Waals surface area contributed by atoms with E-state index in [1.54, 1.807) is 42.5 Å². The lowest BCUT2D eigenvalue weighted by atomic mass is 9.84. The highest BCUT2D eigenvalue weighted by Crippen LogP contribution is 2.31. The zero-order valence-electron chi connectivity index (χ0n) is 17.3. The smallest absolute Gasteiger partial charge is 0.276 e. The molecule has 0 aliphatic rings. The Morgan fingerprint density at radius 3 is 2.25 bits per heavy atom. The van der Waals surface area contributed by atoms with E-state index in [-0.39, 0.29) is 17.2 Å². The molecule has 0 saturated carbocycles. The number of halogens is 2. The van der Waals surface area contributed by atoms with Gasteiger partial charge in [0.15, 0.2) is 0 Å². The molecule has 1 amide bonds. The highest BCUT2D eigenvalue weighted by Gasteiger charge is 2.28. The van der Waals surface area contributed by atoms with E-state index in [0.717, 1.165) is 6.07 Å². The lowest BCUT2D eigenvalue weighted by molar-refractivity contribution is 0.102. The molecular formula is C23H18F2N6O. The zero-order chi connectivity index (χ0) is 22.7. The third-order valence-corrected chi connectivity index (χ3v) is 4.89. The molecule has 4 aromatic heterocycles. The second-order valence-corrected chi connectivity index (χ2v) is 7.44. The molecule has 32 heavy (non-hydrogen) atoms. The topological polar surface area (TPSA) is 93.6 Å². The van der Waals surface area contributed by atoms with Gasteiger partial charge in [0.1, 0.15) is 5.69 Å². The fourth-order valence-corrected chi connectivity index (χ4v) is 3.11. The monoisotopic (exact) mass is 432 g/mol. The van der Waals surface area contributed by atoms with Crippen LogP contribution in [-0.2, 0) is 5.41 Å². The zero-order valence-corrected chi connectivity index (χ0v) is 17.3. The fraction of sp³-hybridized carbons (Fsp3) is 0.130. The van der Waals surface area contributed by atoms with Crippen molar-refractivity contribution in [3.05, 3.63) is 96.0 Å². The number of hydrogen-bond acceptors (Lipinski definition) is 6. The number of carbonyl (C=O) groups excluding carboxylic acids is 1. The van der Waals surface area contributed by atoms with Crippen molar-refractivity contribution in [1.29, 1.82) is 0 Å². The van der Waals surface area contributed by atoms with Gasteiger partial charge in [0, 0.05) is 17.8 Å². The highest BCUT2D eigenvalue weighted by molar-refractivity contribution is 6.01. The van der Waals surface area contributed by atoms with Gasteiger partial charge in [0.2, 0.25) is 17.8 Å². The Morgan fingerprint density at radius 1 is 0.844 bits per heavy atom. The molecule has 0 aliphatic heterocycles. The number of aromatic nitrogens is 5. The third kappa shape index (κ3) is 4.31. The molecule has 0 unspecified atom stereocenters. The van der Waals surface area contributed by atoms with Gasteiger partial charge in [0.05, 0.1) is 22.6 Å². The van der Waals surface area contributed by atoms with Crippen LogP contribution in [0.4, 0.5) is 14.7 Å². The molecule has 0 saturated heterocycles. The van der Waals surface area contributed by atoms with Gasteiger partial charge in [-0.25, -0.2) is 15.0 Å². The molecule has 1 N–H and O–H groups in total. The molecule has 4 rings (SSSR count). The molecule has 9 heteroatoms. The van der Waals surface area contributed by atoms with Crippen LogP contribution in [0.3, 0.4) is 0 Å². The maximum absolute atomic E-state index is 14.1. The number of rotatable bonds is 5. The first-order valence-electron chi connectivity index (χ1n) is 9.70. The van der Waals surface area contributed by atoms with E-state index >= 15 is 0 Å². The molecule has 0 spiro atoms. The number of amides is 1. The largest absolute Gasteiger partial charge is 0.289 e. The van der Waals surface area contributed by atoms with Gasteiger partial charge in [0.25, 0.3) is 5.91 Å². The number of anilines is 1. The normalized spacial score (nSPS) is 11.2. The molecule has 4 aromatic rings. The lowest BCUT2D eigenvalue weighted by Gasteiger charge is -2.24. The minimum Gasteiger partial charge on any atom is -0.289 e. The van der Waals surface area contributed by atoms with Crippen molar-refractivity contribution in [1.82, 2.24) is 24.9 Å². The van der Waals surface area contributed by atoms with Crippen LogP contribution in [0.2, 0.25) is 0 Å². The second kappa shape index (κ2) is 8.54. The van der Waals surface area contributed by atoms with Crippen molar-refractivity contribution < 1.29 is 13.6 Å². The van der Waals surface area contributed by atoms with Crippen molar-refractivity contribution in [2.75, 3.05) is 5.32 Å². The Morgan fingerprint density at radius 2 is 1.53 bits per heavy atom. The van der Waals surface area contributed by atoms with Crippen molar-refractivity contribution in [2.45, 2.75) is 19.3 Å². The van der Waals surface area contributed by atoms with E-state index in [0.29, 0.717) is 17.1 Å². The van der Waals surface area contributed by atoms with Crippen molar-refractivity contribution in [3.8, 4) is 11.3 Å². The summed E-state index contributed by atoms with van der Waals surface area (Å²) in [4.78, 5) is 32.8. The van der Waals surface area contributed by atoms with Crippen molar-refractivity contribution in [3.63, 3.8) is 0 Å². The minimum atomic E-state index is -0.938. The van der Waals surface area contributed by atoms with Crippen LogP contribution >= 0.6 is 0 Å². The van der Waals surface area contributed by atoms with Crippen molar-refractivity contribution >= 4 is 11.9 Å². The van der Waals surface area contributed by atoms with Crippen molar-refractivity contribution in [2.24, 2.45) is 0 Å². The van der Waals surface area contributed by atoms with E-state index in [9.17, 15) is 13.6 Å². The van der Waals surface area contributed by atoms with Gasteiger partial charge >= 0.3 is 0 Å². The molecule has 4 heterocycles. The summed E-state index contributed by atoms with van der Waals surface area (Å²) in [5.74, 6) is -2.11. The summed E-state index contributed by atoms with van der Waals surface area (Å²) in [6.07, 6.45) is 3.04. The fourth-order valence-electron chi connectivity index (χ4n) is 3.11. The molecule has 0 aliphatic carbocycles. The van der Waals surface area contributed by atoms with Crippen LogP contribution in [0.15, 0.2) is 67.0 Å². The van der Waals surface area contributed by atoms with E-state index in [1.165, 1.54) is 18.5 Å². The van der Waals surface area contributed by atoms with Gasteiger partial charge in [-0.15, -0.1) is 0 Å². The summed E-state index contributed by atoms with van der Waals surface area (Å²) in [6.45, 7) is 3.78. The standard InChI is InChI=1S/C23H18F2N6O/c1-23(2,17-8-3-6-15(28-17)14-10-11-19(24)30-20(14)25)18-9-4-7-16(29-18)21(32)31-22-26-12-5-13-27-22/h3-13H,1-2H3,(H,26,27,31,32). The van der Waals surface area contributed by atoms with Crippen LogP contribution in [0.25, 0.3) is 11.3 Å². The number of carbonyl (C=O) groups is 1. The first kappa shape index (κ1) is 21.1. The summed E-state index contributed by atoms with van der Waals surface area (Å²) in [7, 11) is 0. The van der Waals surface area contributed by atoms with E-state index in [1.807, 2.05) is 13.8 Å². The number of nitrogens with one attached hydrogen (secondary N) is 1. The SMILES string of the molecule is CC(C)(c1cccc(C(=O)Nc2ncccn2)n1)c1cccc(-c2ccc(F)nc2F)n1. The van der Waals surface area contributed by atoms with E-state index in [2.05, 4.69) is 30.2 Å². The van der Waals surface area contributed by atoms with Gasteiger partial charge < -0.3 is 0 Å². The molecule has 0 aromatic carbocycles. The van der Waals surface area contributed by atoms with Gasteiger partial charge in [-0.3, -0.25) is 15.1 Å². The summed E-state index contributed by atoms with van der Waals surface area (Å²) in [5.41, 5.74) is 1.05. The Balaban J connectivity index is 1.65. The maximum Gasteiger partial charge on any atom is 0.276 e. The highest BCUT2D eigenvalue weighted by atomic mass is 19.1. The van der Waals surface area contributed by atoms with Crippen LogP contribution in [-0.4, -0.2) is 30.8 Å². The number of pyridine rings is 3. The minimum absolute atomic E-state index is 0.0907. The summed E-state index contributed by atoms with van der Waals surface area (Å²) in [6, 6.07) is 14.2. The molecule has 0 radical (unpaired) electrons. The average molecular weight is 432 g/mol. The Hall–Kier alpha value is -4.14. The Kier molecular flexibility index (Phi) is 5.63. The van der Waals surface area contributed by atoms with Gasteiger partial charge in [-0.1, -0.05) is 12.1 Å². The quantitative estimate of drug-likeness (QED) is 0.476. The van der Waals surface area contributed by atoms with E-state index < -0.39 is 23.2 Å². The molecule has 7 nitrogen and oxygen atoms in total. The van der Waals surface area contributed by atoms with Crippen LogP contribution in [0.1, 0.15) is 35.7 Å². The predicted octanol–water partition coefficient (Wildman–Crippen LogP) is 4.19. The molecule has 0 atom stereocenters. The summed E-state index contributed by atoms with van der Waals surface area (Å²) >= 11 is 0. The summed E-state index contributed by atoms with van der Waals surface area (Å²) in [5, 5.41) is 2.60. The van der Waals surface area contributed by atoms with Gasteiger partial charge in [-0.2, -0.15) is 13.8 Å². The second-order valence-electron chi connectivity index (χ2n) is 7.44. The Labute approximate surface area is 182 Å². The molecule has 160 valence electrons. The van der Waals surface area contributed by atoms with Crippen LogP contribution < -0.4 is 5.32 Å². The predicted molar refractivity (Wildman–Crippen MR) is 114 cm³/mol. The number of nitrogens with zero attached hydrogens (tertiary/aromatic N) is 5. The lowest BCUT2D eigenvalue weighted by Crippen LogP contribution is -2.24. The molecule has 0 fully saturated rings. The first-order chi connectivity index (χ1) is 15.3. The van der Waals surface area contributed by atoms with Gasteiger partial charge in [-0.05, 0) is 56.3 Å². The van der Waals surface area contributed by atoms with E-state index in [4.69, 9.17) is 0 Å². The first-order valence-corrected chi connectivity index (χ1v) is 9.70.